The summed E-state index contributed by atoms with van der Waals surface area (Å²) in [7, 11) is 5.06. The van der Waals surface area contributed by atoms with Crippen LogP contribution >= 0.6 is 0 Å². The van der Waals surface area contributed by atoms with Gasteiger partial charge in [-0.2, -0.15) is 0 Å². The molecular formula is C18H28N4O3. The second kappa shape index (κ2) is 9.78. The topological polar surface area (TPSA) is 73.0 Å². The first-order valence-electron chi connectivity index (χ1n) is 8.36. The lowest BCUT2D eigenvalue weighted by Crippen LogP contribution is -2.38. The number of hydrogen-bond acceptors (Lipinski definition) is 4. The predicted molar refractivity (Wildman–Crippen MR) is 98.5 cm³/mol. The predicted octanol–water partition coefficient (Wildman–Crippen LogP) is 1.13. The number of likely N-dealkylation sites (N-methyl/N-ethyl adjacent to an activating group) is 2. The lowest BCUT2D eigenvalue weighted by molar-refractivity contribution is -0.130. The third-order valence-corrected chi connectivity index (χ3v) is 3.76. The summed E-state index contributed by atoms with van der Waals surface area (Å²) in [4.78, 5) is 41.0. The van der Waals surface area contributed by atoms with Crippen LogP contribution in [0.5, 0.6) is 0 Å². The van der Waals surface area contributed by atoms with E-state index in [1.165, 1.54) is 4.90 Å². The lowest BCUT2D eigenvalue weighted by atomic mass is 10.1. The number of carbonyl (C=O) groups is 3. The van der Waals surface area contributed by atoms with Crippen LogP contribution in [0.1, 0.15) is 24.2 Å². The third kappa shape index (κ3) is 6.54. The van der Waals surface area contributed by atoms with Crippen molar-refractivity contribution in [1.29, 1.82) is 0 Å². The minimum absolute atomic E-state index is 0.0604. The fourth-order valence-corrected chi connectivity index (χ4v) is 2.30. The molecule has 0 heterocycles. The maximum atomic E-state index is 12.4. The minimum atomic E-state index is -0.235. The number of nitrogens with one attached hydrogen (secondary N) is 1. The molecule has 7 nitrogen and oxygen atoms in total. The van der Waals surface area contributed by atoms with Crippen molar-refractivity contribution in [2.75, 3.05) is 52.6 Å². The van der Waals surface area contributed by atoms with Crippen LogP contribution in [0.4, 0.5) is 5.69 Å². The van der Waals surface area contributed by atoms with Gasteiger partial charge in [0.2, 0.25) is 11.8 Å². The van der Waals surface area contributed by atoms with Gasteiger partial charge >= 0.3 is 0 Å². The van der Waals surface area contributed by atoms with Gasteiger partial charge in [-0.3, -0.25) is 19.3 Å². The maximum Gasteiger partial charge on any atom is 0.253 e. The molecule has 0 unspecified atom stereocenters. The molecule has 0 saturated carbocycles. The molecule has 25 heavy (non-hydrogen) atoms. The summed E-state index contributed by atoms with van der Waals surface area (Å²) >= 11 is 0. The zero-order valence-electron chi connectivity index (χ0n) is 15.7. The largest absolute Gasteiger partial charge is 0.348 e. The molecule has 0 radical (unpaired) electrons. The van der Waals surface area contributed by atoms with Crippen molar-refractivity contribution < 1.29 is 14.4 Å². The molecule has 0 atom stereocenters. The Bertz CT molecular complexity index is 612. The zero-order valence-corrected chi connectivity index (χ0v) is 15.7. The van der Waals surface area contributed by atoms with Crippen molar-refractivity contribution in [3.8, 4) is 0 Å². The molecule has 0 aliphatic rings. The van der Waals surface area contributed by atoms with Crippen molar-refractivity contribution in [3.63, 3.8) is 0 Å². The van der Waals surface area contributed by atoms with Gasteiger partial charge in [-0.05, 0) is 39.1 Å². The molecule has 3 amide bonds. The van der Waals surface area contributed by atoms with E-state index in [0.29, 0.717) is 24.3 Å². The Balaban J connectivity index is 2.68. The summed E-state index contributed by atoms with van der Waals surface area (Å²) in [6, 6.07) is 6.88. The quantitative estimate of drug-likeness (QED) is 0.764. The Labute approximate surface area is 149 Å². The van der Waals surface area contributed by atoms with Crippen molar-refractivity contribution in [3.05, 3.63) is 29.8 Å². The van der Waals surface area contributed by atoms with E-state index in [-0.39, 0.29) is 30.8 Å². The number of rotatable bonds is 8. The number of nitrogens with zero attached hydrogens (tertiary/aromatic N) is 3. The van der Waals surface area contributed by atoms with Gasteiger partial charge in [-0.25, -0.2) is 0 Å². The summed E-state index contributed by atoms with van der Waals surface area (Å²) in [5, 5.41) is 2.77. The van der Waals surface area contributed by atoms with Crippen molar-refractivity contribution in [1.82, 2.24) is 14.7 Å². The van der Waals surface area contributed by atoms with Crippen LogP contribution in [-0.2, 0) is 9.59 Å². The standard InChI is InChI=1S/C18H28N4O3/c1-6-22(7-2)18(25)14-9-8-10-15(11-14)19-16(23)12-21(5)13-17(24)20(3)4/h8-11H,6-7,12-13H2,1-5H3,(H,19,23). The molecule has 0 bridgehead atoms. The lowest BCUT2D eigenvalue weighted by Gasteiger charge is -2.20. The van der Waals surface area contributed by atoms with Crippen LogP contribution in [0.3, 0.4) is 0 Å². The molecule has 0 aliphatic heterocycles. The van der Waals surface area contributed by atoms with Crippen molar-refractivity contribution in [2.24, 2.45) is 0 Å². The first kappa shape index (κ1) is 20.6. The fourth-order valence-electron chi connectivity index (χ4n) is 2.30. The number of carbonyl (C=O) groups excluding carboxylic acids is 3. The Hall–Kier alpha value is -2.41. The molecule has 1 aromatic carbocycles. The molecule has 7 heteroatoms. The molecule has 138 valence electrons. The van der Waals surface area contributed by atoms with Gasteiger partial charge in [0.05, 0.1) is 13.1 Å². The van der Waals surface area contributed by atoms with Crippen LogP contribution < -0.4 is 5.32 Å². The fraction of sp³-hybridized carbons (Fsp3) is 0.500. The van der Waals surface area contributed by atoms with Crippen LogP contribution in [0.2, 0.25) is 0 Å². The molecule has 1 aromatic rings. The monoisotopic (exact) mass is 348 g/mol. The smallest absolute Gasteiger partial charge is 0.253 e. The highest BCUT2D eigenvalue weighted by Gasteiger charge is 2.15. The maximum absolute atomic E-state index is 12.4. The summed E-state index contributed by atoms with van der Waals surface area (Å²) in [6.07, 6.45) is 0. The highest BCUT2D eigenvalue weighted by molar-refractivity contribution is 5.97. The SMILES string of the molecule is CCN(CC)C(=O)c1cccc(NC(=O)CN(C)CC(=O)N(C)C)c1. The summed E-state index contributed by atoms with van der Waals surface area (Å²) < 4.78 is 0. The summed E-state index contributed by atoms with van der Waals surface area (Å²) in [5.74, 6) is -0.363. The van der Waals surface area contributed by atoms with Gasteiger partial charge in [0.25, 0.3) is 5.91 Å². The average molecular weight is 348 g/mol. The molecule has 0 spiro atoms. The van der Waals surface area contributed by atoms with Crippen LogP contribution in [0, 0.1) is 0 Å². The third-order valence-electron chi connectivity index (χ3n) is 3.76. The number of anilines is 1. The molecule has 0 fully saturated rings. The normalized spacial score (nSPS) is 10.5. The van der Waals surface area contributed by atoms with E-state index in [0.717, 1.165) is 0 Å². The Morgan fingerprint density at radius 3 is 2.20 bits per heavy atom. The molecule has 0 aliphatic carbocycles. The Morgan fingerprint density at radius 1 is 1.00 bits per heavy atom. The number of benzene rings is 1. The van der Waals surface area contributed by atoms with E-state index in [1.54, 1.807) is 55.2 Å². The highest BCUT2D eigenvalue weighted by atomic mass is 16.2. The van der Waals surface area contributed by atoms with Gasteiger partial charge < -0.3 is 15.1 Å². The van der Waals surface area contributed by atoms with E-state index >= 15 is 0 Å². The van der Waals surface area contributed by atoms with E-state index in [1.807, 2.05) is 13.8 Å². The number of hydrogen-bond donors (Lipinski definition) is 1. The molecule has 0 saturated heterocycles. The van der Waals surface area contributed by atoms with Gasteiger partial charge in [-0.1, -0.05) is 6.07 Å². The van der Waals surface area contributed by atoms with Crippen molar-refractivity contribution >= 4 is 23.4 Å². The van der Waals surface area contributed by atoms with Crippen LogP contribution in [0.25, 0.3) is 0 Å². The first-order valence-corrected chi connectivity index (χ1v) is 8.36. The van der Waals surface area contributed by atoms with Crippen LogP contribution in [-0.4, -0.2) is 79.7 Å². The second-order valence-corrected chi connectivity index (χ2v) is 6.07. The highest BCUT2D eigenvalue weighted by Crippen LogP contribution is 2.13. The Morgan fingerprint density at radius 2 is 1.64 bits per heavy atom. The first-order chi connectivity index (χ1) is 11.8. The average Bonchev–Trinajstić information content (AvgIpc) is 2.55. The van der Waals surface area contributed by atoms with Gasteiger partial charge in [0.1, 0.15) is 0 Å². The van der Waals surface area contributed by atoms with E-state index < -0.39 is 0 Å². The van der Waals surface area contributed by atoms with E-state index in [4.69, 9.17) is 0 Å². The Kier molecular flexibility index (Phi) is 8.07. The molecular weight excluding hydrogens is 320 g/mol. The van der Waals surface area contributed by atoms with E-state index in [2.05, 4.69) is 5.32 Å². The zero-order chi connectivity index (χ0) is 19.0. The second-order valence-electron chi connectivity index (χ2n) is 6.07. The van der Waals surface area contributed by atoms with Crippen LogP contribution in [0.15, 0.2) is 24.3 Å². The van der Waals surface area contributed by atoms with Gasteiger partial charge in [0, 0.05) is 38.4 Å². The summed E-state index contributed by atoms with van der Waals surface area (Å²) in [6.45, 7) is 5.39. The van der Waals surface area contributed by atoms with E-state index in [9.17, 15) is 14.4 Å². The summed E-state index contributed by atoms with van der Waals surface area (Å²) in [5.41, 5.74) is 1.10. The van der Waals surface area contributed by atoms with Crippen molar-refractivity contribution in [2.45, 2.75) is 13.8 Å². The van der Waals surface area contributed by atoms with Gasteiger partial charge in [-0.15, -0.1) is 0 Å². The molecule has 1 rings (SSSR count). The van der Waals surface area contributed by atoms with Gasteiger partial charge in [0.15, 0.2) is 0 Å². The number of amides is 3. The minimum Gasteiger partial charge on any atom is -0.348 e. The molecule has 0 aromatic heterocycles. The molecule has 1 N–H and O–H groups in total.